The Bertz CT molecular complexity index is 566. The summed E-state index contributed by atoms with van der Waals surface area (Å²) in [6, 6.07) is 14.8. The Labute approximate surface area is 125 Å². The molecule has 2 nitrogen and oxygen atoms in total. The molecule has 1 atom stereocenters. The molecule has 1 N–H and O–H groups in total. The Morgan fingerprint density at radius 1 is 1.10 bits per heavy atom. The average Bonchev–Trinajstić information content (AvgIpc) is 2.48. The van der Waals surface area contributed by atoms with E-state index in [-0.39, 0.29) is 0 Å². The van der Waals surface area contributed by atoms with Crippen molar-refractivity contribution >= 4 is 11.6 Å². The van der Waals surface area contributed by atoms with Crippen molar-refractivity contribution in [2.24, 2.45) is 0 Å². The van der Waals surface area contributed by atoms with E-state index in [0.717, 1.165) is 17.7 Å². The van der Waals surface area contributed by atoms with Crippen LogP contribution in [-0.4, -0.2) is 13.7 Å². The van der Waals surface area contributed by atoms with E-state index in [9.17, 15) is 0 Å². The summed E-state index contributed by atoms with van der Waals surface area (Å²) in [5.74, 6) is 0.703. The molecule has 3 heteroatoms. The molecule has 2 rings (SSSR count). The highest BCUT2D eigenvalue weighted by Gasteiger charge is 2.06. The van der Waals surface area contributed by atoms with Crippen LogP contribution in [-0.2, 0) is 0 Å². The molecule has 1 unspecified atom stereocenters. The molecular weight excluding hydrogens is 270 g/mol. The zero-order chi connectivity index (χ0) is 14.5. The van der Waals surface area contributed by atoms with E-state index in [2.05, 4.69) is 43.4 Å². The summed E-state index contributed by atoms with van der Waals surface area (Å²) >= 11 is 6.05. The first-order chi connectivity index (χ1) is 9.65. The largest absolute Gasteiger partial charge is 0.495 e. The summed E-state index contributed by atoms with van der Waals surface area (Å²) in [6.07, 6.45) is 0. The predicted molar refractivity (Wildman–Crippen MR) is 85.5 cm³/mol. The van der Waals surface area contributed by atoms with E-state index in [0.29, 0.717) is 16.8 Å². The highest BCUT2D eigenvalue weighted by molar-refractivity contribution is 6.32. The summed E-state index contributed by atoms with van der Waals surface area (Å²) in [5, 5.41) is 4.04. The molecule has 0 bridgehead atoms. The molecule has 20 heavy (non-hydrogen) atoms. The third-order valence-corrected chi connectivity index (χ3v) is 3.72. The standard InChI is InChI=1S/C17H20ClNO/c1-4-19-12(2)13-5-7-14(8-6-13)15-9-10-16(18)17(11-15)20-3/h5-12,19H,4H2,1-3H3. The Kier molecular flexibility index (Phi) is 5.05. The van der Waals surface area contributed by atoms with Crippen molar-refractivity contribution in [3.05, 3.63) is 53.1 Å². The topological polar surface area (TPSA) is 21.3 Å². The van der Waals surface area contributed by atoms with Crippen LogP contribution in [0.25, 0.3) is 11.1 Å². The fourth-order valence-electron chi connectivity index (χ4n) is 2.23. The van der Waals surface area contributed by atoms with E-state index in [4.69, 9.17) is 16.3 Å². The summed E-state index contributed by atoms with van der Waals surface area (Å²) in [6.45, 7) is 5.26. The third-order valence-electron chi connectivity index (χ3n) is 3.41. The second-order valence-corrected chi connectivity index (χ2v) is 5.16. The van der Waals surface area contributed by atoms with Crippen molar-refractivity contribution in [2.75, 3.05) is 13.7 Å². The van der Waals surface area contributed by atoms with Crippen LogP contribution in [0, 0.1) is 0 Å². The van der Waals surface area contributed by atoms with E-state index >= 15 is 0 Å². The highest BCUT2D eigenvalue weighted by Crippen LogP contribution is 2.30. The number of hydrogen-bond donors (Lipinski definition) is 1. The first-order valence-electron chi connectivity index (χ1n) is 6.83. The van der Waals surface area contributed by atoms with Gasteiger partial charge in [-0.05, 0) is 42.3 Å². The van der Waals surface area contributed by atoms with Crippen molar-refractivity contribution in [1.82, 2.24) is 5.32 Å². The number of rotatable bonds is 5. The van der Waals surface area contributed by atoms with Crippen molar-refractivity contribution in [1.29, 1.82) is 0 Å². The molecular formula is C17H20ClNO. The summed E-state index contributed by atoms with van der Waals surface area (Å²) < 4.78 is 5.26. The van der Waals surface area contributed by atoms with Gasteiger partial charge in [-0.1, -0.05) is 48.9 Å². The molecule has 0 radical (unpaired) electrons. The number of halogens is 1. The highest BCUT2D eigenvalue weighted by atomic mass is 35.5. The Morgan fingerprint density at radius 2 is 1.75 bits per heavy atom. The minimum Gasteiger partial charge on any atom is -0.495 e. The van der Waals surface area contributed by atoms with Crippen LogP contribution in [0.1, 0.15) is 25.5 Å². The first kappa shape index (κ1) is 14.9. The van der Waals surface area contributed by atoms with Gasteiger partial charge in [0.1, 0.15) is 5.75 Å². The number of benzene rings is 2. The fourth-order valence-corrected chi connectivity index (χ4v) is 2.42. The van der Waals surface area contributed by atoms with E-state index in [1.54, 1.807) is 7.11 Å². The van der Waals surface area contributed by atoms with Gasteiger partial charge in [0.15, 0.2) is 0 Å². The smallest absolute Gasteiger partial charge is 0.138 e. The lowest BCUT2D eigenvalue weighted by Crippen LogP contribution is -2.17. The molecule has 0 aliphatic carbocycles. The predicted octanol–water partition coefficient (Wildman–Crippen LogP) is 4.69. The summed E-state index contributed by atoms with van der Waals surface area (Å²) in [7, 11) is 1.63. The van der Waals surface area contributed by atoms with Crippen LogP contribution < -0.4 is 10.1 Å². The Balaban J connectivity index is 2.25. The molecule has 0 saturated carbocycles. The van der Waals surface area contributed by atoms with Crippen molar-refractivity contribution < 1.29 is 4.74 Å². The van der Waals surface area contributed by atoms with Gasteiger partial charge in [-0.3, -0.25) is 0 Å². The van der Waals surface area contributed by atoms with Gasteiger partial charge in [-0.15, -0.1) is 0 Å². The molecule has 106 valence electrons. The SMILES string of the molecule is CCNC(C)c1ccc(-c2ccc(Cl)c(OC)c2)cc1. The number of ether oxygens (including phenoxy) is 1. The lowest BCUT2D eigenvalue weighted by atomic mass is 10.0. The second-order valence-electron chi connectivity index (χ2n) is 4.75. The molecule has 0 spiro atoms. The van der Waals surface area contributed by atoms with Gasteiger partial charge in [0.25, 0.3) is 0 Å². The van der Waals surface area contributed by atoms with E-state index in [1.165, 1.54) is 5.56 Å². The molecule has 0 aliphatic rings. The maximum absolute atomic E-state index is 6.05. The number of methoxy groups -OCH3 is 1. The van der Waals surface area contributed by atoms with Crippen LogP contribution in [0.5, 0.6) is 5.75 Å². The lowest BCUT2D eigenvalue weighted by molar-refractivity contribution is 0.415. The molecule has 0 amide bonds. The lowest BCUT2D eigenvalue weighted by Gasteiger charge is -2.13. The van der Waals surface area contributed by atoms with Gasteiger partial charge in [0, 0.05) is 6.04 Å². The average molecular weight is 290 g/mol. The van der Waals surface area contributed by atoms with Crippen LogP contribution >= 0.6 is 11.6 Å². The maximum Gasteiger partial charge on any atom is 0.138 e. The van der Waals surface area contributed by atoms with E-state index in [1.807, 2.05) is 18.2 Å². The van der Waals surface area contributed by atoms with E-state index < -0.39 is 0 Å². The minimum atomic E-state index is 0.369. The van der Waals surface area contributed by atoms with Gasteiger partial charge in [-0.2, -0.15) is 0 Å². The molecule has 0 aliphatic heterocycles. The van der Waals surface area contributed by atoms with Crippen molar-refractivity contribution in [2.45, 2.75) is 19.9 Å². The third kappa shape index (κ3) is 3.33. The Morgan fingerprint density at radius 3 is 2.35 bits per heavy atom. The van der Waals surface area contributed by atoms with Gasteiger partial charge in [0.2, 0.25) is 0 Å². The molecule has 2 aromatic rings. The molecule has 0 saturated heterocycles. The monoisotopic (exact) mass is 289 g/mol. The van der Waals surface area contributed by atoms with Crippen LogP contribution in [0.3, 0.4) is 0 Å². The number of nitrogens with one attached hydrogen (secondary N) is 1. The van der Waals surface area contributed by atoms with Crippen molar-refractivity contribution in [3.63, 3.8) is 0 Å². The minimum absolute atomic E-state index is 0.369. The van der Waals surface area contributed by atoms with Crippen LogP contribution in [0.15, 0.2) is 42.5 Å². The fraction of sp³-hybridized carbons (Fsp3) is 0.294. The maximum atomic E-state index is 6.05. The van der Waals surface area contributed by atoms with Crippen molar-refractivity contribution in [3.8, 4) is 16.9 Å². The number of hydrogen-bond acceptors (Lipinski definition) is 2. The summed E-state index contributed by atoms with van der Waals surface area (Å²) in [5.41, 5.74) is 3.55. The normalized spacial score (nSPS) is 12.2. The second kappa shape index (κ2) is 6.78. The van der Waals surface area contributed by atoms with Gasteiger partial charge >= 0.3 is 0 Å². The zero-order valence-corrected chi connectivity index (χ0v) is 12.9. The molecule has 0 aromatic heterocycles. The zero-order valence-electron chi connectivity index (χ0n) is 12.1. The van der Waals surface area contributed by atoms with Crippen LogP contribution in [0.2, 0.25) is 5.02 Å². The van der Waals surface area contributed by atoms with Crippen LogP contribution in [0.4, 0.5) is 0 Å². The molecule has 0 heterocycles. The molecule has 0 fully saturated rings. The van der Waals surface area contributed by atoms with Gasteiger partial charge in [-0.25, -0.2) is 0 Å². The molecule has 2 aromatic carbocycles. The summed E-state index contributed by atoms with van der Waals surface area (Å²) in [4.78, 5) is 0. The quantitative estimate of drug-likeness (QED) is 0.862. The Hall–Kier alpha value is -1.51. The van der Waals surface area contributed by atoms with Gasteiger partial charge < -0.3 is 10.1 Å². The first-order valence-corrected chi connectivity index (χ1v) is 7.20. The van der Waals surface area contributed by atoms with Gasteiger partial charge in [0.05, 0.1) is 12.1 Å².